The second-order valence-electron chi connectivity index (χ2n) is 4.78. The van der Waals surface area contributed by atoms with E-state index in [1.54, 1.807) is 0 Å². The maximum absolute atomic E-state index is 11.8. The molecule has 3 nitrogen and oxygen atoms in total. The Kier molecular flexibility index (Phi) is 5.18. The van der Waals surface area contributed by atoms with E-state index in [2.05, 4.69) is 17.4 Å². The normalized spacial score (nSPS) is 10.2. The molecule has 0 saturated carbocycles. The molecule has 0 aliphatic heterocycles. The summed E-state index contributed by atoms with van der Waals surface area (Å²) in [7, 11) is 0. The molecule has 0 atom stereocenters. The SMILES string of the molecule is Nc1ccccc1CCC(=O)NCCc1ccccc1. The van der Waals surface area contributed by atoms with Crippen LogP contribution in [0.3, 0.4) is 0 Å². The van der Waals surface area contributed by atoms with Gasteiger partial charge in [0.25, 0.3) is 0 Å². The first-order valence-corrected chi connectivity index (χ1v) is 6.90. The maximum Gasteiger partial charge on any atom is 0.220 e. The fourth-order valence-corrected chi connectivity index (χ4v) is 2.09. The van der Waals surface area contributed by atoms with Gasteiger partial charge in [-0.1, -0.05) is 48.5 Å². The number of nitrogens with one attached hydrogen (secondary N) is 1. The van der Waals surface area contributed by atoms with E-state index >= 15 is 0 Å². The number of hydrogen-bond donors (Lipinski definition) is 2. The fourth-order valence-electron chi connectivity index (χ4n) is 2.09. The predicted molar refractivity (Wildman–Crippen MR) is 82.3 cm³/mol. The molecular weight excluding hydrogens is 248 g/mol. The summed E-state index contributed by atoms with van der Waals surface area (Å²) < 4.78 is 0. The van der Waals surface area contributed by atoms with Crippen LogP contribution in [-0.2, 0) is 17.6 Å². The minimum atomic E-state index is 0.0733. The van der Waals surface area contributed by atoms with E-state index < -0.39 is 0 Å². The van der Waals surface area contributed by atoms with Crippen molar-refractivity contribution in [2.45, 2.75) is 19.3 Å². The van der Waals surface area contributed by atoms with Gasteiger partial charge in [0.2, 0.25) is 5.91 Å². The fraction of sp³-hybridized carbons (Fsp3) is 0.235. The third-order valence-electron chi connectivity index (χ3n) is 3.26. The van der Waals surface area contributed by atoms with Crippen molar-refractivity contribution in [3.63, 3.8) is 0 Å². The Morgan fingerprint density at radius 2 is 1.65 bits per heavy atom. The Balaban J connectivity index is 1.70. The van der Waals surface area contributed by atoms with Crippen molar-refractivity contribution in [1.82, 2.24) is 5.32 Å². The second-order valence-corrected chi connectivity index (χ2v) is 4.78. The van der Waals surface area contributed by atoms with Gasteiger partial charge in [0.15, 0.2) is 0 Å². The van der Waals surface area contributed by atoms with Crippen LogP contribution in [0, 0.1) is 0 Å². The number of carbonyl (C=O) groups is 1. The monoisotopic (exact) mass is 268 g/mol. The van der Waals surface area contributed by atoms with Crippen LogP contribution in [0.4, 0.5) is 5.69 Å². The highest BCUT2D eigenvalue weighted by Crippen LogP contribution is 2.12. The molecule has 20 heavy (non-hydrogen) atoms. The van der Waals surface area contributed by atoms with Crippen LogP contribution < -0.4 is 11.1 Å². The van der Waals surface area contributed by atoms with Crippen LogP contribution >= 0.6 is 0 Å². The lowest BCUT2D eigenvalue weighted by Crippen LogP contribution is -2.25. The summed E-state index contributed by atoms with van der Waals surface area (Å²) in [6.07, 6.45) is 2.02. The Bertz CT molecular complexity index is 552. The van der Waals surface area contributed by atoms with Gasteiger partial charge in [0, 0.05) is 18.7 Å². The Morgan fingerprint density at radius 3 is 2.40 bits per heavy atom. The van der Waals surface area contributed by atoms with Gasteiger partial charge in [-0.15, -0.1) is 0 Å². The lowest BCUT2D eigenvalue weighted by molar-refractivity contribution is -0.121. The molecule has 2 aromatic carbocycles. The number of rotatable bonds is 6. The van der Waals surface area contributed by atoms with Gasteiger partial charge in [-0.2, -0.15) is 0 Å². The van der Waals surface area contributed by atoms with Crippen molar-refractivity contribution in [1.29, 1.82) is 0 Å². The zero-order valence-corrected chi connectivity index (χ0v) is 11.5. The maximum atomic E-state index is 11.8. The van der Waals surface area contributed by atoms with Gasteiger partial charge in [-0.25, -0.2) is 0 Å². The summed E-state index contributed by atoms with van der Waals surface area (Å²) in [6, 6.07) is 17.8. The van der Waals surface area contributed by atoms with E-state index in [0.717, 1.165) is 17.7 Å². The van der Waals surface area contributed by atoms with Gasteiger partial charge in [-0.05, 0) is 30.0 Å². The summed E-state index contributed by atoms with van der Waals surface area (Å²) >= 11 is 0. The van der Waals surface area contributed by atoms with Crippen LogP contribution in [-0.4, -0.2) is 12.5 Å². The highest BCUT2D eigenvalue weighted by Gasteiger charge is 2.04. The van der Waals surface area contributed by atoms with Gasteiger partial charge in [0.05, 0.1) is 0 Å². The van der Waals surface area contributed by atoms with Gasteiger partial charge >= 0.3 is 0 Å². The number of carbonyl (C=O) groups excluding carboxylic acids is 1. The molecule has 0 aromatic heterocycles. The van der Waals surface area contributed by atoms with Gasteiger partial charge < -0.3 is 11.1 Å². The molecule has 3 N–H and O–H groups in total. The lowest BCUT2D eigenvalue weighted by atomic mass is 10.1. The first kappa shape index (κ1) is 14.1. The molecule has 0 heterocycles. The summed E-state index contributed by atoms with van der Waals surface area (Å²) in [5.74, 6) is 0.0733. The molecule has 0 saturated heterocycles. The number of para-hydroxylation sites is 1. The van der Waals surface area contributed by atoms with Gasteiger partial charge in [-0.3, -0.25) is 4.79 Å². The van der Waals surface area contributed by atoms with Gasteiger partial charge in [0.1, 0.15) is 0 Å². The molecule has 0 unspecified atom stereocenters. The van der Waals surface area contributed by atoms with E-state index in [1.807, 2.05) is 42.5 Å². The van der Waals surface area contributed by atoms with Crippen LogP contribution in [0.1, 0.15) is 17.5 Å². The minimum absolute atomic E-state index is 0.0733. The molecular formula is C17H20N2O. The molecule has 0 aliphatic rings. The smallest absolute Gasteiger partial charge is 0.220 e. The molecule has 3 heteroatoms. The quantitative estimate of drug-likeness (QED) is 0.791. The zero-order valence-electron chi connectivity index (χ0n) is 11.5. The van der Waals surface area contributed by atoms with E-state index in [4.69, 9.17) is 5.73 Å². The topological polar surface area (TPSA) is 55.1 Å². The number of benzene rings is 2. The Hall–Kier alpha value is -2.29. The van der Waals surface area contributed by atoms with Crippen molar-refractivity contribution >= 4 is 11.6 Å². The molecule has 2 aromatic rings. The van der Waals surface area contributed by atoms with Crippen LogP contribution in [0.25, 0.3) is 0 Å². The molecule has 0 spiro atoms. The average Bonchev–Trinajstić information content (AvgIpc) is 2.47. The van der Waals surface area contributed by atoms with Crippen LogP contribution in [0.15, 0.2) is 54.6 Å². The van der Waals surface area contributed by atoms with Crippen molar-refractivity contribution in [2.24, 2.45) is 0 Å². The number of nitrogens with two attached hydrogens (primary N) is 1. The highest BCUT2D eigenvalue weighted by molar-refractivity contribution is 5.76. The first-order chi connectivity index (χ1) is 9.75. The largest absolute Gasteiger partial charge is 0.399 e. The number of nitrogen functional groups attached to an aromatic ring is 1. The first-order valence-electron chi connectivity index (χ1n) is 6.90. The Morgan fingerprint density at radius 1 is 0.950 bits per heavy atom. The van der Waals surface area contributed by atoms with Crippen LogP contribution in [0.2, 0.25) is 0 Å². The zero-order chi connectivity index (χ0) is 14.2. The van der Waals surface area contributed by atoms with E-state index in [9.17, 15) is 4.79 Å². The Labute approximate surface area is 119 Å². The molecule has 0 fully saturated rings. The summed E-state index contributed by atoms with van der Waals surface area (Å²) in [5.41, 5.74) is 8.87. The van der Waals surface area contributed by atoms with Crippen molar-refractivity contribution in [3.8, 4) is 0 Å². The molecule has 0 radical (unpaired) electrons. The third kappa shape index (κ3) is 4.43. The third-order valence-corrected chi connectivity index (χ3v) is 3.26. The summed E-state index contributed by atoms with van der Waals surface area (Å²) in [6.45, 7) is 0.674. The average molecular weight is 268 g/mol. The molecule has 1 amide bonds. The highest BCUT2D eigenvalue weighted by atomic mass is 16.1. The number of amides is 1. The summed E-state index contributed by atoms with van der Waals surface area (Å²) in [4.78, 5) is 11.8. The number of hydrogen-bond acceptors (Lipinski definition) is 2. The minimum Gasteiger partial charge on any atom is -0.399 e. The van der Waals surface area contributed by atoms with Crippen molar-refractivity contribution in [3.05, 3.63) is 65.7 Å². The number of anilines is 1. The van der Waals surface area contributed by atoms with Crippen molar-refractivity contribution < 1.29 is 4.79 Å². The predicted octanol–water partition coefficient (Wildman–Crippen LogP) is 2.56. The molecule has 0 bridgehead atoms. The van der Waals surface area contributed by atoms with Crippen LogP contribution in [0.5, 0.6) is 0 Å². The lowest BCUT2D eigenvalue weighted by Gasteiger charge is -2.07. The molecule has 0 aliphatic carbocycles. The molecule has 104 valence electrons. The van der Waals surface area contributed by atoms with E-state index in [1.165, 1.54) is 5.56 Å². The van der Waals surface area contributed by atoms with E-state index in [-0.39, 0.29) is 5.91 Å². The molecule has 2 rings (SSSR count). The second kappa shape index (κ2) is 7.34. The van der Waals surface area contributed by atoms with Crippen molar-refractivity contribution in [2.75, 3.05) is 12.3 Å². The number of aryl methyl sites for hydroxylation is 1. The standard InChI is InChI=1S/C17H20N2O/c18-16-9-5-4-8-15(16)10-11-17(20)19-13-12-14-6-2-1-3-7-14/h1-9H,10-13,18H2,(H,19,20). The summed E-state index contributed by atoms with van der Waals surface area (Å²) in [5, 5.41) is 2.94. The van der Waals surface area contributed by atoms with E-state index in [0.29, 0.717) is 19.4 Å².